The lowest BCUT2D eigenvalue weighted by molar-refractivity contribution is 0.414. The molecule has 1 aliphatic rings. The highest BCUT2D eigenvalue weighted by Gasteiger charge is 2.32. The second kappa shape index (κ2) is 8.46. The maximum atomic E-state index is 13.2. The molecule has 0 aliphatic carbocycles. The van der Waals surface area contributed by atoms with Gasteiger partial charge < -0.3 is 15.2 Å². The first-order valence-corrected chi connectivity index (χ1v) is 10.4. The molecule has 2 heterocycles. The van der Waals surface area contributed by atoms with Gasteiger partial charge in [0.1, 0.15) is 22.0 Å². The van der Waals surface area contributed by atoms with Crippen LogP contribution in [0.1, 0.15) is 17.0 Å². The Hall–Kier alpha value is -4.27. The highest BCUT2D eigenvalue weighted by molar-refractivity contribution is 7.07. The van der Waals surface area contributed by atoms with E-state index in [1.54, 1.807) is 56.7 Å². The Kier molecular flexibility index (Phi) is 5.55. The molecule has 3 aromatic rings. The lowest BCUT2D eigenvalue weighted by Crippen LogP contribution is -2.38. The van der Waals surface area contributed by atoms with Crippen LogP contribution in [0, 0.1) is 22.7 Å². The van der Waals surface area contributed by atoms with Gasteiger partial charge in [0, 0.05) is 0 Å². The van der Waals surface area contributed by atoms with Crippen molar-refractivity contribution in [2.24, 2.45) is 5.73 Å². The Morgan fingerprint density at radius 1 is 0.969 bits per heavy atom. The number of hydrogen-bond acceptors (Lipinski definition) is 7. The van der Waals surface area contributed by atoms with Gasteiger partial charge in [-0.1, -0.05) is 24.3 Å². The maximum Gasteiger partial charge on any atom is 0.274 e. The molecule has 158 valence electrons. The van der Waals surface area contributed by atoms with E-state index in [9.17, 15) is 15.3 Å². The van der Waals surface area contributed by atoms with E-state index in [1.165, 1.54) is 15.9 Å². The minimum Gasteiger partial charge on any atom is -0.497 e. The average molecular weight is 443 g/mol. The third-order valence-corrected chi connectivity index (χ3v) is 6.36. The van der Waals surface area contributed by atoms with Gasteiger partial charge in [0.05, 0.1) is 48.0 Å². The standard InChI is InChI=1S/C24H18N4O3S/c1-30-16-7-3-14(4-8-16)11-20-23(29)28-22(27)18(12-25)21(19(13-26)24(28)32-20)15-5-9-17(31-2)10-6-15/h3-11,21H,27H2,1-2H3/b20-11-. The van der Waals surface area contributed by atoms with Crippen molar-refractivity contribution >= 4 is 28.8 Å². The number of nitrogens with two attached hydrogens (primary N) is 1. The zero-order chi connectivity index (χ0) is 22.8. The fourth-order valence-corrected chi connectivity index (χ4v) is 4.76. The highest BCUT2D eigenvalue weighted by atomic mass is 32.1. The van der Waals surface area contributed by atoms with Crippen LogP contribution in [0.25, 0.3) is 17.5 Å². The zero-order valence-corrected chi connectivity index (χ0v) is 18.1. The molecule has 2 N–H and O–H groups in total. The molecule has 1 aromatic heterocycles. The molecule has 0 radical (unpaired) electrons. The van der Waals surface area contributed by atoms with Crippen molar-refractivity contribution in [3.05, 3.63) is 84.8 Å². The third kappa shape index (κ3) is 3.43. The van der Waals surface area contributed by atoms with E-state index in [0.717, 1.165) is 11.1 Å². The van der Waals surface area contributed by atoms with Crippen LogP contribution in [-0.4, -0.2) is 18.8 Å². The molecule has 1 atom stereocenters. The predicted molar refractivity (Wildman–Crippen MR) is 122 cm³/mol. The molecule has 4 rings (SSSR count). The van der Waals surface area contributed by atoms with E-state index in [-0.39, 0.29) is 17.0 Å². The van der Waals surface area contributed by atoms with Gasteiger partial charge >= 0.3 is 0 Å². The summed E-state index contributed by atoms with van der Waals surface area (Å²) in [6.07, 6.45) is 1.73. The maximum absolute atomic E-state index is 13.2. The van der Waals surface area contributed by atoms with Crippen molar-refractivity contribution in [3.8, 4) is 23.6 Å². The summed E-state index contributed by atoms with van der Waals surface area (Å²) in [7, 11) is 3.14. The van der Waals surface area contributed by atoms with Crippen LogP contribution in [0.2, 0.25) is 0 Å². The summed E-state index contributed by atoms with van der Waals surface area (Å²) in [5.74, 6) is 0.737. The number of hydrogen-bond donors (Lipinski definition) is 1. The molecule has 32 heavy (non-hydrogen) atoms. The summed E-state index contributed by atoms with van der Waals surface area (Å²) in [6, 6.07) is 18.7. The average Bonchev–Trinajstić information content (AvgIpc) is 3.15. The second-order valence-electron chi connectivity index (χ2n) is 6.97. The Morgan fingerprint density at radius 3 is 2.06 bits per heavy atom. The highest BCUT2D eigenvalue weighted by Crippen LogP contribution is 2.36. The van der Waals surface area contributed by atoms with E-state index in [2.05, 4.69) is 12.1 Å². The quantitative estimate of drug-likeness (QED) is 0.660. The van der Waals surface area contributed by atoms with Gasteiger partial charge in [0.2, 0.25) is 0 Å². The number of rotatable bonds is 4. The normalized spacial score (nSPS) is 15.7. The van der Waals surface area contributed by atoms with E-state index in [0.29, 0.717) is 26.3 Å². The Bertz CT molecular complexity index is 1480. The fraction of sp³-hybridized carbons (Fsp3) is 0.125. The summed E-state index contributed by atoms with van der Waals surface area (Å²) in [5.41, 5.74) is 7.91. The monoisotopic (exact) mass is 442 g/mol. The minimum absolute atomic E-state index is 0.0398. The lowest BCUT2D eigenvalue weighted by Gasteiger charge is -2.22. The van der Waals surface area contributed by atoms with Gasteiger partial charge in [-0.25, -0.2) is 0 Å². The van der Waals surface area contributed by atoms with E-state index < -0.39 is 5.92 Å². The molecular weight excluding hydrogens is 424 g/mol. The summed E-state index contributed by atoms with van der Waals surface area (Å²) in [6.45, 7) is 0. The SMILES string of the molecule is COc1ccc(/C=c2\sc3n(c2=O)C(N)=C(C#N)C(c2ccc(OC)cc2)C=3C#N)cc1. The number of fused-ring (bicyclic) bond motifs is 1. The van der Waals surface area contributed by atoms with Crippen LogP contribution in [0.15, 0.2) is 58.9 Å². The van der Waals surface area contributed by atoms with Crippen molar-refractivity contribution in [1.29, 1.82) is 10.5 Å². The van der Waals surface area contributed by atoms with Crippen LogP contribution < -0.4 is 30.0 Å². The van der Waals surface area contributed by atoms with Crippen molar-refractivity contribution < 1.29 is 9.47 Å². The lowest BCUT2D eigenvalue weighted by atomic mass is 9.84. The summed E-state index contributed by atoms with van der Waals surface area (Å²) in [4.78, 5) is 13.2. The number of ether oxygens (including phenoxy) is 2. The van der Waals surface area contributed by atoms with Gasteiger partial charge in [0.25, 0.3) is 5.56 Å². The van der Waals surface area contributed by atoms with Crippen LogP contribution in [-0.2, 0) is 0 Å². The molecule has 0 amide bonds. The number of nitriles is 2. The molecule has 0 saturated heterocycles. The first kappa shape index (κ1) is 21.0. The van der Waals surface area contributed by atoms with Crippen LogP contribution in [0.5, 0.6) is 11.5 Å². The number of nitrogens with zero attached hydrogens (tertiary/aromatic N) is 3. The number of methoxy groups -OCH3 is 2. The van der Waals surface area contributed by atoms with Gasteiger partial charge in [-0.2, -0.15) is 10.5 Å². The summed E-state index contributed by atoms with van der Waals surface area (Å²) in [5, 5.41) is 19.8. The smallest absolute Gasteiger partial charge is 0.274 e. The molecule has 8 heteroatoms. The number of thiazole rings is 1. The largest absolute Gasteiger partial charge is 0.497 e. The Labute approximate surface area is 187 Å². The summed E-state index contributed by atoms with van der Waals surface area (Å²) >= 11 is 1.18. The predicted octanol–water partition coefficient (Wildman–Crippen LogP) is 1.88. The molecule has 7 nitrogen and oxygen atoms in total. The van der Waals surface area contributed by atoms with Gasteiger partial charge in [-0.05, 0) is 41.5 Å². The van der Waals surface area contributed by atoms with Crippen LogP contribution in [0.4, 0.5) is 0 Å². The molecule has 2 aromatic carbocycles. The van der Waals surface area contributed by atoms with E-state index in [4.69, 9.17) is 15.2 Å². The van der Waals surface area contributed by atoms with E-state index in [1.807, 2.05) is 12.1 Å². The number of allylic oxidation sites excluding steroid dienone is 1. The van der Waals surface area contributed by atoms with E-state index >= 15 is 0 Å². The van der Waals surface area contributed by atoms with Crippen LogP contribution in [0.3, 0.4) is 0 Å². The van der Waals surface area contributed by atoms with Gasteiger partial charge in [-0.3, -0.25) is 9.36 Å². The molecule has 0 bridgehead atoms. The first-order valence-electron chi connectivity index (χ1n) is 9.58. The second-order valence-corrected chi connectivity index (χ2v) is 8.00. The van der Waals surface area contributed by atoms with Gasteiger partial charge in [-0.15, -0.1) is 11.3 Å². The van der Waals surface area contributed by atoms with Crippen molar-refractivity contribution in [2.75, 3.05) is 14.2 Å². The number of aromatic nitrogens is 1. The first-order chi connectivity index (χ1) is 15.5. The fourth-order valence-electron chi connectivity index (χ4n) is 3.63. The van der Waals surface area contributed by atoms with Crippen molar-refractivity contribution in [2.45, 2.75) is 5.92 Å². The van der Waals surface area contributed by atoms with Crippen molar-refractivity contribution in [3.63, 3.8) is 0 Å². The summed E-state index contributed by atoms with van der Waals surface area (Å²) < 4.78 is 12.5. The number of benzene rings is 2. The molecule has 0 saturated carbocycles. The molecule has 1 unspecified atom stereocenters. The van der Waals surface area contributed by atoms with Crippen molar-refractivity contribution in [1.82, 2.24) is 4.57 Å². The van der Waals surface area contributed by atoms with Crippen LogP contribution >= 0.6 is 11.3 Å². The molecule has 0 spiro atoms. The third-order valence-electron chi connectivity index (χ3n) is 5.25. The zero-order valence-electron chi connectivity index (χ0n) is 17.3. The Morgan fingerprint density at radius 2 is 1.53 bits per heavy atom. The van der Waals surface area contributed by atoms with Gasteiger partial charge in [0.15, 0.2) is 0 Å². The molecular formula is C24H18N4O3S. The Balaban J connectivity index is 1.97. The topological polar surface area (TPSA) is 114 Å². The molecule has 1 aliphatic heterocycles. The minimum atomic E-state index is -0.664. The molecule has 0 fully saturated rings.